The van der Waals surface area contributed by atoms with Gasteiger partial charge in [0.05, 0.1) is 13.2 Å². The standard InChI is InChI=1S/C19H36N2O5/c1-2-3-4-5-6-7-8-9-10-11-12-13-17(23)20-14-18(24)21-16(15-22)19(25)26/h16,22H,2-15H2,1H3,(H,20,23)(H,21,24)(H,25,26)/t16-/m0/s1. The fourth-order valence-electron chi connectivity index (χ4n) is 2.65. The van der Waals surface area contributed by atoms with Crippen molar-refractivity contribution in [2.45, 2.75) is 90.0 Å². The van der Waals surface area contributed by atoms with Gasteiger partial charge in [-0.2, -0.15) is 0 Å². The van der Waals surface area contributed by atoms with Gasteiger partial charge in [-0.05, 0) is 6.42 Å². The van der Waals surface area contributed by atoms with Crippen LogP contribution in [0, 0.1) is 0 Å². The molecule has 0 aliphatic heterocycles. The summed E-state index contributed by atoms with van der Waals surface area (Å²) in [5.41, 5.74) is 0. The van der Waals surface area contributed by atoms with Crippen LogP contribution in [0.5, 0.6) is 0 Å². The van der Waals surface area contributed by atoms with Gasteiger partial charge >= 0.3 is 5.97 Å². The first-order valence-corrected chi connectivity index (χ1v) is 9.91. The second-order valence-corrected chi connectivity index (χ2v) is 6.70. The van der Waals surface area contributed by atoms with Crippen molar-refractivity contribution >= 4 is 17.8 Å². The highest BCUT2D eigenvalue weighted by atomic mass is 16.4. The van der Waals surface area contributed by atoms with Crippen LogP contribution in [0.2, 0.25) is 0 Å². The smallest absolute Gasteiger partial charge is 0.328 e. The summed E-state index contributed by atoms with van der Waals surface area (Å²) in [6.45, 7) is 1.26. The van der Waals surface area contributed by atoms with Crippen LogP contribution >= 0.6 is 0 Å². The molecular weight excluding hydrogens is 336 g/mol. The summed E-state index contributed by atoms with van der Waals surface area (Å²) >= 11 is 0. The zero-order valence-electron chi connectivity index (χ0n) is 16.1. The minimum absolute atomic E-state index is 0.216. The van der Waals surface area contributed by atoms with Crippen molar-refractivity contribution in [2.75, 3.05) is 13.2 Å². The minimum atomic E-state index is -1.34. The maximum absolute atomic E-state index is 11.6. The quantitative estimate of drug-likeness (QED) is 0.293. The summed E-state index contributed by atoms with van der Waals surface area (Å²) in [5.74, 6) is -2.15. The molecule has 0 radical (unpaired) electrons. The molecule has 0 spiro atoms. The van der Waals surface area contributed by atoms with Crippen molar-refractivity contribution in [3.05, 3.63) is 0 Å². The Balaban J connectivity index is 3.49. The molecule has 0 aromatic carbocycles. The van der Waals surface area contributed by atoms with Gasteiger partial charge in [0.1, 0.15) is 6.04 Å². The highest BCUT2D eigenvalue weighted by Gasteiger charge is 2.18. The minimum Gasteiger partial charge on any atom is -0.480 e. The van der Waals surface area contributed by atoms with Crippen LogP contribution in [0.25, 0.3) is 0 Å². The Morgan fingerprint density at radius 2 is 1.31 bits per heavy atom. The van der Waals surface area contributed by atoms with E-state index in [1.54, 1.807) is 0 Å². The third kappa shape index (κ3) is 14.7. The Kier molecular flexibility index (Phi) is 15.8. The Hall–Kier alpha value is -1.63. The molecule has 0 saturated carbocycles. The molecule has 0 bridgehead atoms. The SMILES string of the molecule is CCCCCCCCCCCCCC(=O)NCC(=O)N[C@@H](CO)C(=O)O. The van der Waals surface area contributed by atoms with Gasteiger partial charge < -0.3 is 20.8 Å². The first-order valence-electron chi connectivity index (χ1n) is 9.91. The molecule has 0 saturated heterocycles. The number of carboxylic acids is 1. The van der Waals surface area contributed by atoms with Crippen LogP contribution in [0.15, 0.2) is 0 Å². The molecule has 26 heavy (non-hydrogen) atoms. The molecule has 0 aliphatic rings. The molecule has 1 atom stereocenters. The highest BCUT2D eigenvalue weighted by Crippen LogP contribution is 2.11. The first-order chi connectivity index (χ1) is 12.5. The molecule has 2 amide bonds. The number of carbonyl (C=O) groups excluding carboxylic acids is 2. The van der Waals surface area contributed by atoms with E-state index in [4.69, 9.17) is 10.2 Å². The predicted molar refractivity (Wildman–Crippen MR) is 101 cm³/mol. The number of rotatable bonds is 17. The van der Waals surface area contributed by atoms with Crippen molar-refractivity contribution in [1.82, 2.24) is 10.6 Å². The molecule has 0 heterocycles. The number of hydrogen-bond donors (Lipinski definition) is 4. The lowest BCUT2D eigenvalue weighted by Crippen LogP contribution is -2.47. The molecule has 0 unspecified atom stereocenters. The van der Waals surface area contributed by atoms with Gasteiger partial charge in [-0.3, -0.25) is 9.59 Å². The number of amides is 2. The van der Waals surface area contributed by atoms with Gasteiger partial charge in [-0.15, -0.1) is 0 Å². The van der Waals surface area contributed by atoms with Crippen LogP contribution in [-0.2, 0) is 14.4 Å². The summed E-state index contributed by atoms with van der Waals surface area (Å²) in [6, 6.07) is -1.34. The second-order valence-electron chi connectivity index (χ2n) is 6.70. The monoisotopic (exact) mass is 372 g/mol. The highest BCUT2D eigenvalue weighted by molar-refractivity contribution is 5.87. The molecule has 7 heteroatoms. The number of carbonyl (C=O) groups is 3. The third-order valence-electron chi connectivity index (χ3n) is 4.27. The van der Waals surface area contributed by atoms with Crippen molar-refractivity contribution in [3.8, 4) is 0 Å². The molecule has 7 nitrogen and oxygen atoms in total. The van der Waals surface area contributed by atoms with Crippen molar-refractivity contribution in [1.29, 1.82) is 0 Å². The zero-order chi connectivity index (χ0) is 19.6. The summed E-state index contributed by atoms with van der Waals surface area (Å²) < 4.78 is 0. The lowest BCUT2D eigenvalue weighted by molar-refractivity contribution is -0.142. The van der Waals surface area contributed by atoms with Gasteiger partial charge in [0.25, 0.3) is 0 Å². The Morgan fingerprint density at radius 1 is 0.808 bits per heavy atom. The number of hydrogen-bond acceptors (Lipinski definition) is 4. The Bertz CT molecular complexity index is 401. The molecule has 0 rings (SSSR count). The van der Waals surface area contributed by atoms with E-state index in [0.717, 1.165) is 19.3 Å². The van der Waals surface area contributed by atoms with Gasteiger partial charge in [0.15, 0.2) is 0 Å². The largest absolute Gasteiger partial charge is 0.480 e. The van der Waals surface area contributed by atoms with E-state index >= 15 is 0 Å². The van der Waals surface area contributed by atoms with Crippen molar-refractivity contribution in [2.24, 2.45) is 0 Å². The normalized spacial score (nSPS) is 11.8. The fourth-order valence-corrected chi connectivity index (χ4v) is 2.65. The average Bonchev–Trinajstić information content (AvgIpc) is 2.62. The summed E-state index contributed by atoms with van der Waals surface area (Å²) in [7, 11) is 0. The van der Waals surface area contributed by atoms with E-state index in [2.05, 4.69) is 17.6 Å². The van der Waals surface area contributed by atoms with Crippen LogP contribution in [0.3, 0.4) is 0 Å². The number of aliphatic carboxylic acids is 1. The number of aliphatic hydroxyl groups is 1. The van der Waals surface area contributed by atoms with E-state index in [-0.39, 0.29) is 12.5 Å². The van der Waals surface area contributed by atoms with Crippen molar-refractivity contribution in [3.63, 3.8) is 0 Å². The van der Waals surface area contributed by atoms with Crippen LogP contribution in [0.1, 0.15) is 84.0 Å². The zero-order valence-corrected chi connectivity index (χ0v) is 16.1. The van der Waals surface area contributed by atoms with E-state index in [1.165, 1.54) is 51.4 Å². The van der Waals surface area contributed by atoms with E-state index < -0.39 is 24.5 Å². The van der Waals surface area contributed by atoms with Crippen molar-refractivity contribution < 1.29 is 24.6 Å². The summed E-state index contributed by atoms with van der Waals surface area (Å²) in [4.78, 5) is 33.8. The molecule has 0 aromatic heterocycles. The van der Waals surface area contributed by atoms with Gasteiger partial charge in [0.2, 0.25) is 11.8 Å². The molecule has 0 aliphatic carbocycles. The van der Waals surface area contributed by atoms with Crippen LogP contribution in [0.4, 0.5) is 0 Å². The molecular formula is C19H36N2O5. The summed E-state index contributed by atoms with van der Waals surface area (Å²) in [5, 5.41) is 22.1. The average molecular weight is 373 g/mol. The van der Waals surface area contributed by atoms with E-state index in [0.29, 0.717) is 6.42 Å². The maximum atomic E-state index is 11.6. The lowest BCUT2D eigenvalue weighted by Gasteiger charge is -2.12. The first kappa shape index (κ1) is 24.4. The third-order valence-corrected chi connectivity index (χ3v) is 4.27. The number of nitrogens with one attached hydrogen (secondary N) is 2. The molecule has 4 N–H and O–H groups in total. The number of unbranched alkanes of at least 4 members (excludes halogenated alkanes) is 10. The number of aliphatic hydroxyl groups excluding tert-OH is 1. The van der Waals surface area contributed by atoms with Gasteiger partial charge in [-0.1, -0.05) is 71.1 Å². The van der Waals surface area contributed by atoms with E-state index in [1.807, 2.05) is 0 Å². The summed E-state index contributed by atoms with van der Waals surface area (Å²) in [6.07, 6.45) is 13.7. The van der Waals surface area contributed by atoms with Gasteiger partial charge in [0, 0.05) is 6.42 Å². The van der Waals surface area contributed by atoms with E-state index in [9.17, 15) is 14.4 Å². The Morgan fingerprint density at radius 3 is 1.77 bits per heavy atom. The molecule has 0 aromatic rings. The Labute approximate surface area is 156 Å². The predicted octanol–water partition coefficient (Wildman–Crippen LogP) is 2.37. The maximum Gasteiger partial charge on any atom is 0.328 e. The molecule has 0 fully saturated rings. The lowest BCUT2D eigenvalue weighted by atomic mass is 10.1. The van der Waals surface area contributed by atoms with Gasteiger partial charge in [-0.25, -0.2) is 4.79 Å². The second kappa shape index (κ2) is 16.8. The molecule has 152 valence electrons. The number of carboxylic acid groups (broad SMARTS) is 1. The fraction of sp³-hybridized carbons (Fsp3) is 0.842. The van der Waals surface area contributed by atoms with Crippen LogP contribution < -0.4 is 10.6 Å². The topological polar surface area (TPSA) is 116 Å². The van der Waals surface area contributed by atoms with Crippen LogP contribution in [-0.4, -0.2) is 47.2 Å².